The number of nitriles is 1. The van der Waals surface area contributed by atoms with Gasteiger partial charge in [0.05, 0.1) is 35.6 Å². The smallest absolute Gasteiger partial charge is 0.256 e. The van der Waals surface area contributed by atoms with Gasteiger partial charge in [-0.05, 0) is 28.8 Å². The average molecular weight is 399 g/mol. The number of anilines is 1. The molecular formula is C23H21N5O2. The van der Waals surface area contributed by atoms with Gasteiger partial charge in [0, 0.05) is 31.0 Å². The summed E-state index contributed by atoms with van der Waals surface area (Å²) in [6, 6.07) is 11.8. The molecule has 1 aliphatic rings. The molecule has 0 spiro atoms. The second-order valence-corrected chi connectivity index (χ2v) is 7.33. The molecule has 0 saturated carbocycles. The molecule has 0 fully saturated rings. The third-order valence-electron chi connectivity index (χ3n) is 5.36. The molecule has 2 heterocycles. The summed E-state index contributed by atoms with van der Waals surface area (Å²) < 4.78 is 1.81. The van der Waals surface area contributed by atoms with Crippen LogP contribution >= 0.6 is 0 Å². The Hall–Kier alpha value is -3.92. The molecule has 1 aromatic heterocycles. The van der Waals surface area contributed by atoms with Gasteiger partial charge < -0.3 is 10.2 Å². The molecule has 7 nitrogen and oxygen atoms in total. The fourth-order valence-corrected chi connectivity index (χ4v) is 3.80. The second kappa shape index (κ2) is 7.48. The van der Waals surface area contributed by atoms with Crippen molar-refractivity contribution < 1.29 is 9.59 Å². The number of nitrogens with zero attached hydrogens (tertiary/aromatic N) is 4. The first kappa shape index (κ1) is 19.4. The minimum Gasteiger partial charge on any atom is -0.329 e. The highest BCUT2D eigenvalue weighted by atomic mass is 16.2. The Bertz CT molecular complexity index is 1250. The summed E-state index contributed by atoms with van der Waals surface area (Å²) in [5.41, 5.74) is 4.99. The Labute approximate surface area is 174 Å². The predicted molar refractivity (Wildman–Crippen MR) is 115 cm³/mol. The van der Waals surface area contributed by atoms with Crippen molar-refractivity contribution in [2.24, 2.45) is 7.05 Å². The van der Waals surface area contributed by atoms with Crippen LogP contribution in [0.3, 0.4) is 0 Å². The zero-order chi connectivity index (χ0) is 21.4. The number of carbonyl (C=O) groups excluding carboxylic acids is 2. The van der Waals surface area contributed by atoms with E-state index in [1.807, 2.05) is 48.3 Å². The van der Waals surface area contributed by atoms with Gasteiger partial charge >= 0.3 is 0 Å². The Morgan fingerprint density at radius 2 is 2.13 bits per heavy atom. The largest absolute Gasteiger partial charge is 0.329 e. The lowest BCUT2D eigenvalue weighted by molar-refractivity contribution is -0.115. The van der Waals surface area contributed by atoms with Gasteiger partial charge in [-0.1, -0.05) is 31.7 Å². The number of rotatable bonds is 5. The first-order valence-corrected chi connectivity index (χ1v) is 9.68. The summed E-state index contributed by atoms with van der Waals surface area (Å²) in [6.07, 6.45) is 2.13. The van der Waals surface area contributed by atoms with Crippen LogP contribution < -0.4 is 5.32 Å². The molecule has 1 aliphatic heterocycles. The van der Waals surface area contributed by atoms with Gasteiger partial charge in [-0.2, -0.15) is 10.4 Å². The van der Waals surface area contributed by atoms with Gasteiger partial charge in [0.1, 0.15) is 0 Å². The van der Waals surface area contributed by atoms with Crippen molar-refractivity contribution in [2.45, 2.75) is 19.9 Å². The van der Waals surface area contributed by atoms with E-state index in [1.165, 1.54) is 0 Å². The summed E-state index contributed by atoms with van der Waals surface area (Å²) >= 11 is 0. The second-order valence-electron chi connectivity index (χ2n) is 7.33. The van der Waals surface area contributed by atoms with Gasteiger partial charge in [-0.25, -0.2) is 0 Å². The number of aromatic nitrogens is 2. The molecule has 0 unspecified atom stereocenters. The molecule has 30 heavy (non-hydrogen) atoms. The van der Waals surface area contributed by atoms with Crippen molar-refractivity contribution in [3.05, 3.63) is 59.8 Å². The standard InChI is InChI=1S/C23H21N5O2/c1-4-21(29)26-19-8-7-17(15-5-6-16-11-25-27(3)20(16)9-15)18-13-28(12-14(2)10-24)23(30)22(18)19/h5-9,11H,2,4,12-13H2,1,3H3,(H,26,29). The predicted octanol–water partition coefficient (Wildman–Crippen LogP) is 3.62. The first-order valence-electron chi connectivity index (χ1n) is 9.68. The minimum atomic E-state index is -0.212. The van der Waals surface area contributed by atoms with Gasteiger partial charge in [0.25, 0.3) is 5.91 Å². The van der Waals surface area contributed by atoms with E-state index in [2.05, 4.69) is 17.0 Å². The Morgan fingerprint density at radius 3 is 2.87 bits per heavy atom. The van der Waals surface area contributed by atoms with Crippen LogP contribution in [0.4, 0.5) is 5.69 Å². The lowest BCUT2D eigenvalue weighted by Crippen LogP contribution is -2.26. The number of aryl methyl sites for hydroxylation is 1. The van der Waals surface area contributed by atoms with Gasteiger partial charge in [-0.15, -0.1) is 0 Å². The van der Waals surface area contributed by atoms with E-state index < -0.39 is 0 Å². The molecule has 0 radical (unpaired) electrons. The Morgan fingerprint density at radius 1 is 1.33 bits per heavy atom. The number of fused-ring (bicyclic) bond motifs is 2. The maximum Gasteiger partial charge on any atom is 0.256 e. The maximum atomic E-state index is 13.2. The number of amides is 2. The van der Waals surface area contributed by atoms with Crippen LogP contribution in [0.1, 0.15) is 29.3 Å². The maximum absolute atomic E-state index is 13.2. The number of carbonyl (C=O) groups is 2. The van der Waals surface area contributed by atoms with E-state index in [9.17, 15) is 9.59 Å². The van der Waals surface area contributed by atoms with Crippen LogP contribution in [0.25, 0.3) is 22.0 Å². The fourth-order valence-electron chi connectivity index (χ4n) is 3.80. The molecule has 7 heteroatoms. The Kier molecular flexibility index (Phi) is 4.84. The highest BCUT2D eigenvalue weighted by Gasteiger charge is 2.33. The van der Waals surface area contributed by atoms with Crippen molar-refractivity contribution in [3.63, 3.8) is 0 Å². The van der Waals surface area contributed by atoms with Crippen molar-refractivity contribution in [3.8, 4) is 17.2 Å². The number of hydrogen-bond acceptors (Lipinski definition) is 4. The van der Waals surface area contributed by atoms with E-state index >= 15 is 0 Å². The van der Waals surface area contributed by atoms with Crippen LogP contribution in [-0.2, 0) is 18.4 Å². The SMILES string of the molecule is C=C(C#N)CN1Cc2c(-c3ccc4cnn(C)c4c3)ccc(NC(=O)CC)c2C1=O. The van der Waals surface area contributed by atoms with E-state index in [0.717, 1.165) is 27.6 Å². The number of hydrogen-bond donors (Lipinski definition) is 1. The van der Waals surface area contributed by atoms with E-state index in [1.54, 1.807) is 17.9 Å². The molecule has 2 aromatic carbocycles. The number of nitrogens with one attached hydrogen (secondary N) is 1. The van der Waals surface area contributed by atoms with E-state index in [4.69, 9.17) is 5.26 Å². The molecule has 0 aliphatic carbocycles. The minimum absolute atomic E-state index is 0.158. The molecule has 2 amide bonds. The van der Waals surface area contributed by atoms with Gasteiger partial charge in [-0.3, -0.25) is 14.3 Å². The van der Waals surface area contributed by atoms with Crippen LogP contribution in [0.15, 0.2) is 48.7 Å². The summed E-state index contributed by atoms with van der Waals surface area (Å²) in [7, 11) is 1.89. The first-order chi connectivity index (χ1) is 14.4. The third kappa shape index (κ3) is 3.22. The lowest BCUT2D eigenvalue weighted by Gasteiger charge is -2.14. The molecule has 0 saturated heterocycles. The molecule has 1 N–H and O–H groups in total. The fraction of sp³-hybridized carbons (Fsp3) is 0.217. The average Bonchev–Trinajstić information content (AvgIpc) is 3.28. The zero-order valence-electron chi connectivity index (χ0n) is 16.9. The van der Waals surface area contributed by atoms with Crippen molar-refractivity contribution in [1.82, 2.24) is 14.7 Å². The molecule has 4 rings (SSSR count). The van der Waals surface area contributed by atoms with Crippen LogP contribution in [0, 0.1) is 11.3 Å². The van der Waals surface area contributed by atoms with Crippen LogP contribution in [0.5, 0.6) is 0 Å². The summed E-state index contributed by atoms with van der Waals surface area (Å²) in [5.74, 6) is -0.370. The Balaban J connectivity index is 1.84. The summed E-state index contributed by atoms with van der Waals surface area (Å²) in [5, 5.41) is 17.3. The van der Waals surface area contributed by atoms with E-state index in [-0.39, 0.29) is 18.4 Å². The normalized spacial score (nSPS) is 12.7. The lowest BCUT2D eigenvalue weighted by atomic mass is 9.95. The van der Waals surface area contributed by atoms with Crippen molar-refractivity contribution >= 4 is 28.4 Å². The van der Waals surface area contributed by atoms with Crippen molar-refractivity contribution in [2.75, 3.05) is 11.9 Å². The topological polar surface area (TPSA) is 91.0 Å². The highest BCUT2D eigenvalue weighted by molar-refractivity contribution is 6.08. The summed E-state index contributed by atoms with van der Waals surface area (Å²) in [4.78, 5) is 26.7. The summed E-state index contributed by atoms with van der Waals surface area (Å²) in [6.45, 7) is 5.97. The zero-order valence-corrected chi connectivity index (χ0v) is 16.9. The molecule has 0 bridgehead atoms. The van der Waals surface area contributed by atoms with Crippen molar-refractivity contribution in [1.29, 1.82) is 5.26 Å². The molecule has 0 atom stereocenters. The molecule has 150 valence electrons. The monoisotopic (exact) mass is 399 g/mol. The quantitative estimate of drug-likeness (QED) is 0.664. The van der Waals surface area contributed by atoms with Crippen LogP contribution in [0.2, 0.25) is 0 Å². The van der Waals surface area contributed by atoms with Gasteiger partial charge in [0.2, 0.25) is 5.91 Å². The van der Waals surface area contributed by atoms with Crippen LogP contribution in [-0.4, -0.2) is 33.0 Å². The highest BCUT2D eigenvalue weighted by Crippen LogP contribution is 2.38. The number of benzene rings is 2. The van der Waals surface area contributed by atoms with Gasteiger partial charge in [0.15, 0.2) is 0 Å². The molecule has 3 aromatic rings. The molecular weight excluding hydrogens is 378 g/mol. The van der Waals surface area contributed by atoms with E-state index in [0.29, 0.717) is 29.8 Å². The third-order valence-corrected chi connectivity index (χ3v) is 5.36.